The molecule has 28 nitrogen and oxygen atoms in total. The van der Waals surface area contributed by atoms with Crippen molar-refractivity contribution < 1.29 is 63.5 Å². The van der Waals surface area contributed by atoms with Crippen LogP contribution < -0.4 is 31.9 Å². The normalized spacial score (nSPS) is 20.2. The second kappa shape index (κ2) is 41.4. The number of nitrogens with zero attached hydrogens (tertiary/aromatic N) is 9. The van der Waals surface area contributed by atoms with E-state index in [2.05, 4.69) is 75.1 Å². The first-order chi connectivity index (χ1) is 55.8. The van der Waals surface area contributed by atoms with Crippen molar-refractivity contribution in [1.82, 2.24) is 76.6 Å². The molecular formula is C89H122IN15O13. The van der Waals surface area contributed by atoms with Gasteiger partial charge in [0.1, 0.15) is 41.9 Å². The predicted molar refractivity (Wildman–Crippen MR) is 459 cm³/mol. The van der Waals surface area contributed by atoms with Crippen LogP contribution in [-0.4, -0.2) is 239 Å². The molecule has 5 heterocycles. The Morgan fingerprint density at radius 1 is 0.517 bits per heavy atom. The molecule has 5 amide bonds. The highest BCUT2D eigenvalue weighted by Gasteiger charge is 2.51. The molecule has 11 rings (SSSR count). The number of ketones is 3. The molecule has 118 heavy (non-hydrogen) atoms. The smallest absolute Gasteiger partial charge is 0.248 e. The molecule has 4 fully saturated rings. The first-order valence-electron chi connectivity index (χ1n) is 40.8. The molecule has 0 radical (unpaired) electrons. The van der Waals surface area contributed by atoms with E-state index in [1.807, 2.05) is 216 Å². The average Bonchev–Trinajstić information content (AvgIpc) is 1.60. The van der Waals surface area contributed by atoms with Gasteiger partial charge in [0.05, 0.1) is 73.6 Å². The van der Waals surface area contributed by atoms with Gasteiger partial charge < -0.3 is 66.4 Å². The molecule has 29 heteroatoms. The van der Waals surface area contributed by atoms with Crippen molar-refractivity contribution in [1.29, 1.82) is 0 Å². The van der Waals surface area contributed by atoms with Crippen LogP contribution in [0.25, 0.3) is 22.3 Å². The van der Waals surface area contributed by atoms with E-state index >= 15 is 0 Å². The lowest BCUT2D eigenvalue weighted by atomic mass is 9.85. The lowest BCUT2D eigenvalue weighted by Crippen LogP contribution is -2.58. The number of carbonyl (C=O) groups is 8. The Kier molecular flexibility index (Phi) is 32.6. The quantitative estimate of drug-likeness (QED) is 0.0116. The van der Waals surface area contributed by atoms with Gasteiger partial charge >= 0.3 is 0 Å². The maximum atomic E-state index is 14.2. The average molecular weight is 1740 g/mol. The lowest BCUT2D eigenvalue weighted by molar-refractivity contribution is -0.144. The highest BCUT2D eigenvalue weighted by Crippen LogP contribution is 2.47. The number of likely N-dealkylation sites (tertiary alicyclic amines) is 3. The van der Waals surface area contributed by atoms with Crippen LogP contribution in [0.4, 0.5) is 0 Å². The first kappa shape index (κ1) is 93.0. The topological polar surface area (TPSA) is 370 Å². The van der Waals surface area contributed by atoms with Gasteiger partial charge in [0.25, 0.3) is 0 Å². The summed E-state index contributed by atoms with van der Waals surface area (Å²) in [5.74, 6) is -2.20. The van der Waals surface area contributed by atoms with Crippen molar-refractivity contribution >= 4 is 69.5 Å². The SMILES string of the molecule is CNCC1(c2cn([C@H](C(=O)N3C[C@H](O)C[C@H]3C(=O)N[C@H](Cc3ccc(-c4ccccc4)cc3)C(C)=O)C(C)(C)C)nn2)CC1.CNCCOCc1cn([C@H](C(=O)N2C[C@H](O)C[C@H]2C(=O)N[C@H](Cc2ccc(-c3ccccc3)cc2)C(C)=O)C(C)(C)C)nn1.CN[C@H](C(=O)N1C[C@H](O)C[C@H]1C(O)N[C@H](Cc1ccc(I)cc1)C(C)=O)C(C)(C)C. The molecule has 2 aromatic heterocycles. The zero-order chi connectivity index (χ0) is 86.1. The second-order valence-electron chi connectivity index (χ2n) is 35.1. The largest absolute Gasteiger partial charge is 0.391 e. The van der Waals surface area contributed by atoms with Crippen LogP contribution in [0.15, 0.2) is 146 Å². The van der Waals surface area contributed by atoms with Crippen LogP contribution in [0.5, 0.6) is 0 Å². The second-order valence-corrected chi connectivity index (χ2v) is 36.3. The molecule has 3 saturated heterocycles. The Morgan fingerprint density at radius 3 is 1.35 bits per heavy atom. The highest BCUT2D eigenvalue weighted by molar-refractivity contribution is 14.1. The van der Waals surface area contributed by atoms with Crippen molar-refractivity contribution in [3.8, 4) is 22.3 Å². The standard InChI is InChI=1S/C34H44N6O4.C33H44N6O5.C22H34IN3O4/c1-22(41)27(17-23-11-13-25(14-12-23)24-9-7-6-8-10-24)36-31(43)28-18-26(42)19-39(28)32(44)30(33(2,3)4)40-20-29(37-38-40)34(15-16-34)21-35-5;1-22(40)28(17-23-11-13-25(14-12-23)24-9-7-6-8-10-24)35-31(42)29-18-27(41)20-38(29)32(43)30(33(2,3)4)39-19-26(36-37-39)21-44-16-15-34-5;1-13(27)17(10-14-6-8-15(23)9-7-14)25-20(29)18-11-16(28)12-26(18)21(30)19(24-5)22(2,3)4/h6-14,20,26-28,30,35,42H,15-19,21H2,1-5H3,(H,36,43);6-14,19,27-30,34,41H,15-18,20-21H2,1-5H3,(H,35,42);6-9,16-20,24-25,28-29H,10-12H2,1-5H3/t26-,27-,28+,30-;27-,28-,29+,30-;16-,17-,18+,19-,20?/m111/s1. The summed E-state index contributed by atoms with van der Waals surface area (Å²) in [6, 6.07) is 37.1. The zero-order valence-electron chi connectivity index (χ0n) is 70.8. The molecule has 638 valence electrons. The Morgan fingerprint density at radius 2 is 0.932 bits per heavy atom. The molecule has 4 aliphatic rings. The number of likely N-dealkylation sites (N-methyl/N-ethyl adjacent to an activating group) is 3. The molecule has 1 saturated carbocycles. The number of carbonyl (C=O) groups excluding carboxylic acids is 8. The van der Waals surface area contributed by atoms with Gasteiger partial charge in [-0.25, -0.2) is 9.36 Å². The number of Topliss-reactive ketones (excluding diaryl/α,β-unsaturated/α-hetero) is 3. The molecule has 0 bridgehead atoms. The summed E-state index contributed by atoms with van der Waals surface area (Å²) < 4.78 is 9.83. The third kappa shape index (κ3) is 24.9. The third-order valence-electron chi connectivity index (χ3n) is 22.3. The zero-order valence-corrected chi connectivity index (χ0v) is 73.0. The summed E-state index contributed by atoms with van der Waals surface area (Å²) in [5.41, 5.74) is 7.01. The van der Waals surface area contributed by atoms with E-state index in [0.29, 0.717) is 38.1 Å². The van der Waals surface area contributed by atoms with Crippen LogP contribution in [0.3, 0.4) is 0 Å². The summed E-state index contributed by atoms with van der Waals surface area (Å²) >= 11 is 2.22. The van der Waals surface area contributed by atoms with Crippen LogP contribution in [-0.2, 0) is 74.4 Å². The fraction of sp³-hybridized carbons (Fsp3) is 0.528. The third-order valence-corrected chi connectivity index (χ3v) is 23.0. The van der Waals surface area contributed by atoms with E-state index in [1.54, 1.807) is 17.9 Å². The maximum absolute atomic E-state index is 14.2. The van der Waals surface area contributed by atoms with E-state index in [-0.39, 0.29) is 91.4 Å². The molecule has 7 aromatic rings. The molecule has 10 N–H and O–H groups in total. The van der Waals surface area contributed by atoms with E-state index < -0.39 is 102 Å². The summed E-state index contributed by atoms with van der Waals surface area (Å²) in [6.45, 7) is 24.3. The van der Waals surface area contributed by atoms with Crippen LogP contribution in [0.2, 0.25) is 0 Å². The van der Waals surface area contributed by atoms with Gasteiger partial charge in [0.15, 0.2) is 11.6 Å². The molecule has 13 atom stereocenters. The Labute approximate surface area is 707 Å². The fourth-order valence-electron chi connectivity index (χ4n) is 15.7. The summed E-state index contributed by atoms with van der Waals surface area (Å²) in [6.07, 6.45) is 3.50. The number of halogens is 1. The van der Waals surface area contributed by atoms with Gasteiger partial charge in [-0.15, -0.1) is 10.2 Å². The van der Waals surface area contributed by atoms with Crippen molar-refractivity contribution in [2.24, 2.45) is 16.2 Å². The predicted octanol–water partition coefficient (Wildman–Crippen LogP) is 6.90. The minimum absolute atomic E-state index is 0.00384. The number of hydrogen-bond acceptors (Lipinski definition) is 21. The van der Waals surface area contributed by atoms with E-state index in [1.165, 1.54) is 40.2 Å². The van der Waals surface area contributed by atoms with Crippen LogP contribution in [0, 0.1) is 19.8 Å². The van der Waals surface area contributed by atoms with Gasteiger partial charge in [0, 0.05) is 60.7 Å². The van der Waals surface area contributed by atoms with Crippen molar-refractivity contribution in [3.05, 3.63) is 178 Å². The molecule has 1 unspecified atom stereocenters. The number of rotatable bonds is 32. The number of nitrogens with one attached hydrogen (secondary N) is 6. The van der Waals surface area contributed by atoms with Gasteiger partial charge in [-0.2, -0.15) is 0 Å². The summed E-state index contributed by atoms with van der Waals surface area (Å²) in [5, 5.41) is 77.6. The van der Waals surface area contributed by atoms with Gasteiger partial charge in [-0.05, 0) is 170 Å². The lowest BCUT2D eigenvalue weighted by Gasteiger charge is -2.37. The molecular weight excluding hydrogens is 1610 g/mol. The number of aliphatic hydroxyl groups excluding tert-OH is 4. The number of β-amino-alcohol motifs (C(OH)–C–C–N with tert-alkyl or cyclic N) is 3. The van der Waals surface area contributed by atoms with E-state index in [9.17, 15) is 58.8 Å². The van der Waals surface area contributed by atoms with Crippen molar-refractivity contribution in [2.45, 2.75) is 225 Å². The molecule has 1 aliphatic carbocycles. The van der Waals surface area contributed by atoms with Crippen molar-refractivity contribution in [2.75, 3.05) is 60.5 Å². The number of amides is 5. The number of benzene rings is 5. The van der Waals surface area contributed by atoms with Gasteiger partial charge in [-0.3, -0.25) is 43.7 Å². The Bertz CT molecular complexity index is 4490. The summed E-state index contributed by atoms with van der Waals surface area (Å²) in [4.78, 5) is 111. The van der Waals surface area contributed by atoms with E-state index in [0.717, 1.165) is 67.6 Å². The Balaban J connectivity index is 0.000000206. The molecule has 0 spiro atoms. The number of aromatic nitrogens is 6. The number of hydrogen-bond donors (Lipinski definition) is 10. The Hall–Kier alpha value is -8.89. The van der Waals surface area contributed by atoms with E-state index in [4.69, 9.17) is 4.74 Å². The fourth-order valence-corrected chi connectivity index (χ4v) is 16.1. The van der Waals surface area contributed by atoms with Gasteiger partial charge in [-0.1, -0.05) is 194 Å². The highest BCUT2D eigenvalue weighted by atomic mass is 127. The first-order valence-corrected chi connectivity index (χ1v) is 41.8. The maximum Gasteiger partial charge on any atom is 0.248 e. The molecule has 5 aromatic carbocycles. The number of aliphatic hydroxyl groups is 4. The minimum atomic E-state index is -1.12. The monoisotopic (exact) mass is 1740 g/mol. The minimum Gasteiger partial charge on any atom is -0.391 e. The van der Waals surface area contributed by atoms with Crippen molar-refractivity contribution in [3.63, 3.8) is 0 Å². The number of ether oxygens (including phenoxy) is 1. The molecule has 3 aliphatic heterocycles. The summed E-state index contributed by atoms with van der Waals surface area (Å²) in [7, 11) is 5.48. The van der Waals surface area contributed by atoms with Crippen LogP contribution in [0.1, 0.15) is 155 Å². The van der Waals surface area contributed by atoms with Gasteiger partial charge in [0.2, 0.25) is 29.5 Å². The van der Waals surface area contributed by atoms with Crippen LogP contribution >= 0.6 is 22.6 Å².